The maximum atomic E-state index is 12.9. The Bertz CT molecular complexity index is 731. The monoisotopic (exact) mass is 379 g/mol. The highest BCUT2D eigenvalue weighted by Gasteiger charge is 2.16. The molecule has 0 unspecified atom stereocenters. The van der Waals surface area contributed by atoms with Gasteiger partial charge in [0.15, 0.2) is 0 Å². The molecule has 2 aromatic carbocycles. The van der Waals surface area contributed by atoms with Crippen molar-refractivity contribution in [2.45, 2.75) is 13.0 Å². The molecule has 4 nitrogen and oxygen atoms in total. The molecule has 0 aliphatic rings. The Balaban J connectivity index is 2.17. The van der Waals surface area contributed by atoms with Gasteiger partial charge in [0.05, 0.1) is 18.7 Å². The molecule has 0 aromatic heterocycles. The lowest BCUT2D eigenvalue weighted by molar-refractivity contribution is 0.0599. The summed E-state index contributed by atoms with van der Waals surface area (Å²) in [6.07, 6.45) is 0. The van der Waals surface area contributed by atoms with Gasteiger partial charge in [-0.3, -0.25) is 4.79 Å². The highest BCUT2D eigenvalue weighted by Crippen LogP contribution is 2.20. The van der Waals surface area contributed by atoms with Crippen molar-refractivity contribution in [3.63, 3.8) is 0 Å². The fourth-order valence-corrected chi connectivity index (χ4v) is 2.46. The summed E-state index contributed by atoms with van der Waals surface area (Å²) in [5.74, 6) is -1.19. The molecule has 0 saturated heterocycles. The Morgan fingerprint density at radius 3 is 2.43 bits per heavy atom. The van der Waals surface area contributed by atoms with E-state index in [0.717, 1.165) is 5.56 Å². The minimum Gasteiger partial charge on any atom is -0.465 e. The SMILES string of the molecule is COC(=O)c1cc(C(=O)N[C@H](C)c2ccc(F)cc2)ccc1Br. The Morgan fingerprint density at radius 1 is 1.17 bits per heavy atom. The summed E-state index contributed by atoms with van der Waals surface area (Å²) in [5, 5.41) is 2.81. The Morgan fingerprint density at radius 2 is 1.83 bits per heavy atom. The van der Waals surface area contributed by atoms with Crippen LogP contribution in [0.1, 0.15) is 39.2 Å². The first-order valence-electron chi connectivity index (χ1n) is 6.86. The van der Waals surface area contributed by atoms with Crippen molar-refractivity contribution >= 4 is 27.8 Å². The summed E-state index contributed by atoms with van der Waals surface area (Å²) in [4.78, 5) is 24.0. The van der Waals surface area contributed by atoms with Crippen molar-refractivity contribution in [3.8, 4) is 0 Å². The molecular formula is C17H15BrFNO3. The molecule has 1 atom stereocenters. The van der Waals surface area contributed by atoms with E-state index in [2.05, 4.69) is 26.0 Å². The molecule has 0 aliphatic heterocycles. The molecule has 2 aromatic rings. The van der Waals surface area contributed by atoms with E-state index in [1.54, 1.807) is 31.2 Å². The van der Waals surface area contributed by atoms with E-state index in [9.17, 15) is 14.0 Å². The smallest absolute Gasteiger partial charge is 0.339 e. The van der Waals surface area contributed by atoms with E-state index in [1.807, 2.05) is 0 Å². The molecule has 6 heteroatoms. The molecular weight excluding hydrogens is 365 g/mol. The molecule has 0 aliphatic carbocycles. The van der Waals surface area contributed by atoms with E-state index < -0.39 is 5.97 Å². The third kappa shape index (κ3) is 4.16. The van der Waals surface area contributed by atoms with Crippen molar-refractivity contribution in [3.05, 3.63) is 69.4 Å². The van der Waals surface area contributed by atoms with Gasteiger partial charge in [0.25, 0.3) is 5.91 Å². The summed E-state index contributed by atoms with van der Waals surface area (Å²) in [6.45, 7) is 1.80. The first-order valence-corrected chi connectivity index (χ1v) is 7.66. The van der Waals surface area contributed by atoms with E-state index in [0.29, 0.717) is 10.0 Å². The van der Waals surface area contributed by atoms with Crippen LogP contribution in [0.25, 0.3) is 0 Å². The summed E-state index contributed by atoms with van der Waals surface area (Å²) in [6, 6.07) is 10.3. The second-order valence-electron chi connectivity index (χ2n) is 4.93. The Hall–Kier alpha value is -2.21. The second-order valence-corrected chi connectivity index (χ2v) is 5.79. The minimum atomic E-state index is -0.530. The zero-order valence-electron chi connectivity index (χ0n) is 12.6. The van der Waals surface area contributed by atoms with Crippen LogP contribution in [-0.4, -0.2) is 19.0 Å². The van der Waals surface area contributed by atoms with Gasteiger partial charge in [0.1, 0.15) is 5.82 Å². The fraction of sp³-hybridized carbons (Fsp3) is 0.176. The van der Waals surface area contributed by atoms with Crippen molar-refractivity contribution in [1.29, 1.82) is 0 Å². The number of methoxy groups -OCH3 is 1. The number of nitrogens with one attached hydrogen (secondary N) is 1. The van der Waals surface area contributed by atoms with Crippen molar-refractivity contribution < 1.29 is 18.7 Å². The largest absolute Gasteiger partial charge is 0.465 e. The summed E-state index contributed by atoms with van der Waals surface area (Å²) in [5.41, 5.74) is 1.39. The molecule has 0 heterocycles. The molecule has 0 radical (unpaired) electrons. The summed E-state index contributed by atoms with van der Waals surface area (Å²) < 4.78 is 18.2. The molecule has 0 spiro atoms. The van der Waals surface area contributed by atoms with Gasteiger partial charge in [-0.15, -0.1) is 0 Å². The maximum Gasteiger partial charge on any atom is 0.339 e. The number of benzene rings is 2. The zero-order valence-corrected chi connectivity index (χ0v) is 14.2. The lowest BCUT2D eigenvalue weighted by Crippen LogP contribution is -2.26. The molecule has 1 N–H and O–H groups in total. The minimum absolute atomic E-state index is 0.273. The fourth-order valence-electron chi connectivity index (χ4n) is 2.05. The number of halogens is 2. The zero-order chi connectivity index (χ0) is 17.0. The van der Waals surface area contributed by atoms with Crippen LogP contribution in [0, 0.1) is 5.82 Å². The number of rotatable bonds is 4. The predicted octanol–water partition coefficient (Wildman–Crippen LogP) is 3.87. The topological polar surface area (TPSA) is 55.4 Å². The van der Waals surface area contributed by atoms with Crippen LogP contribution in [0.2, 0.25) is 0 Å². The van der Waals surface area contributed by atoms with E-state index >= 15 is 0 Å². The van der Waals surface area contributed by atoms with Gasteiger partial charge >= 0.3 is 5.97 Å². The second kappa shape index (κ2) is 7.37. The van der Waals surface area contributed by atoms with Gasteiger partial charge in [-0.05, 0) is 58.7 Å². The number of amides is 1. The third-order valence-electron chi connectivity index (χ3n) is 3.35. The van der Waals surface area contributed by atoms with Crippen molar-refractivity contribution in [2.24, 2.45) is 0 Å². The number of carbonyl (C=O) groups is 2. The quantitative estimate of drug-likeness (QED) is 0.820. The van der Waals surface area contributed by atoms with Crippen molar-refractivity contribution in [1.82, 2.24) is 5.32 Å². The van der Waals surface area contributed by atoms with Crippen molar-refractivity contribution in [2.75, 3.05) is 7.11 Å². The molecule has 0 fully saturated rings. The highest BCUT2D eigenvalue weighted by molar-refractivity contribution is 9.10. The van der Waals surface area contributed by atoms with Gasteiger partial charge < -0.3 is 10.1 Å². The highest BCUT2D eigenvalue weighted by atomic mass is 79.9. The average molecular weight is 380 g/mol. The predicted molar refractivity (Wildman–Crippen MR) is 87.8 cm³/mol. The van der Waals surface area contributed by atoms with E-state index in [-0.39, 0.29) is 23.3 Å². The first-order chi connectivity index (χ1) is 10.9. The molecule has 2 rings (SSSR count). The molecule has 0 saturated carbocycles. The summed E-state index contributed by atoms with van der Waals surface area (Å²) in [7, 11) is 1.28. The summed E-state index contributed by atoms with van der Waals surface area (Å²) >= 11 is 3.25. The standard InChI is InChI=1S/C17H15BrFNO3/c1-10(11-3-6-13(19)7-4-11)20-16(21)12-5-8-15(18)14(9-12)17(22)23-2/h3-10H,1-2H3,(H,20,21)/t10-/m1/s1. The normalized spacial score (nSPS) is 11.7. The van der Waals surface area contributed by atoms with Gasteiger partial charge in [-0.25, -0.2) is 9.18 Å². The van der Waals surface area contributed by atoms with E-state index in [1.165, 1.54) is 25.3 Å². The van der Waals surface area contributed by atoms with Crippen LogP contribution in [-0.2, 0) is 4.74 Å². The van der Waals surface area contributed by atoms with Crippen LogP contribution >= 0.6 is 15.9 Å². The number of carbonyl (C=O) groups excluding carboxylic acids is 2. The number of ether oxygens (including phenoxy) is 1. The first kappa shape index (κ1) is 17.1. The Kier molecular flexibility index (Phi) is 5.50. The van der Waals surface area contributed by atoms with Gasteiger partial charge in [0.2, 0.25) is 0 Å². The van der Waals surface area contributed by atoms with Crippen LogP contribution in [0.5, 0.6) is 0 Å². The van der Waals surface area contributed by atoms with Crippen LogP contribution in [0.3, 0.4) is 0 Å². The van der Waals surface area contributed by atoms with Crippen LogP contribution < -0.4 is 5.32 Å². The van der Waals surface area contributed by atoms with Gasteiger partial charge in [-0.1, -0.05) is 12.1 Å². The lowest BCUT2D eigenvalue weighted by Gasteiger charge is -2.15. The number of hydrogen-bond acceptors (Lipinski definition) is 3. The van der Waals surface area contributed by atoms with E-state index in [4.69, 9.17) is 0 Å². The number of hydrogen-bond donors (Lipinski definition) is 1. The third-order valence-corrected chi connectivity index (χ3v) is 4.04. The molecule has 23 heavy (non-hydrogen) atoms. The Labute approximate surface area is 141 Å². The average Bonchev–Trinajstić information content (AvgIpc) is 2.55. The van der Waals surface area contributed by atoms with Crippen LogP contribution in [0.15, 0.2) is 46.9 Å². The molecule has 1 amide bonds. The van der Waals surface area contributed by atoms with Crippen LogP contribution in [0.4, 0.5) is 4.39 Å². The molecule has 120 valence electrons. The lowest BCUT2D eigenvalue weighted by atomic mass is 10.1. The maximum absolute atomic E-state index is 12.9. The number of esters is 1. The van der Waals surface area contributed by atoms with Gasteiger partial charge in [0, 0.05) is 10.0 Å². The molecule has 0 bridgehead atoms. The van der Waals surface area contributed by atoms with Gasteiger partial charge in [-0.2, -0.15) is 0 Å².